The van der Waals surface area contributed by atoms with E-state index in [0.29, 0.717) is 13.1 Å². The van der Waals surface area contributed by atoms with Crippen molar-refractivity contribution in [3.63, 3.8) is 0 Å². The molecule has 2 N–H and O–H groups in total. The molecule has 6 heteroatoms. The first-order valence-corrected chi connectivity index (χ1v) is 7.70. The normalized spacial score (nSPS) is 10.3. The Morgan fingerprint density at radius 3 is 2.52 bits per heavy atom. The molecular weight excluding hydrogens is 266 g/mol. The lowest BCUT2D eigenvalue weighted by Gasteiger charge is -2.19. The minimum Gasteiger partial charge on any atom is -0.370 e. The van der Waals surface area contributed by atoms with Crippen molar-refractivity contribution in [1.82, 2.24) is 15.3 Å². The molecule has 0 atom stereocenters. The summed E-state index contributed by atoms with van der Waals surface area (Å²) in [5.41, 5.74) is 0. The van der Waals surface area contributed by atoms with Crippen LogP contribution in [0.4, 0.5) is 11.6 Å². The van der Waals surface area contributed by atoms with E-state index in [9.17, 15) is 4.79 Å². The van der Waals surface area contributed by atoms with Gasteiger partial charge in [-0.3, -0.25) is 4.79 Å². The number of likely N-dealkylation sites (N-methyl/N-ethyl adjacent to an activating group) is 1. The van der Waals surface area contributed by atoms with Gasteiger partial charge >= 0.3 is 0 Å². The lowest BCUT2D eigenvalue weighted by Crippen LogP contribution is -2.36. The highest BCUT2D eigenvalue weighted by Gasteiger charge is 2.11. The van der Waals surface area contributed by atoms with Gasteiger partial charge in [0.2, 0.25) is 5.91 Å². The van der Waals surface area contributed by atoms with Gasteiger partial charge in [-0.15, -0.1) is 0 Å². The second-order valence-corrected chi connectivity index (χ2v) is 5.01. The summed E-state index contributed by atoms with van der Waals surface area (Å²) in [6.07, 6.45) is 2.74. The number of amides is 1. The standard InChI is InChI=1S/C15H27N5O/c1-5-8-16-13-10-14(19-12(7-3)18-13)20(4)11-15(21)17-9-6-2/h10H,5-9,11H2,1-4H3,(H,17,21)(H,16,18,19). The van der Waals surface area contributed by atoms with Crippen LogP contribution in [0.5, 0.6) is 0 Å². The molecule has 0 fully saturated rings. The van der Waals surface area contributed by atoms with E-state index in [2.05, 4.69) is 27.5 Å². The number of nitrogens with one attached hydrogen (secondary N) is 2. The predicted molar refractivity (Wildman–Crippen MR) is 86.8 cm³/mol. The van der Waals surface area contributed by atoms with E-state index in [0.717, 1.165) is 43.3 Å². The lowest BCUT2D eigenvalue weighted by molar-refractivity contribution is -0.119. The van der Waals surface area contributed by atoms with E-state index in [-0.39, 0.29) is 5.91 Å². The van der Waals surface area contributed by atoms with Crippen LogP contribution in [0.3, 0.4) is 0 Å². The fourth-order valence-corrected chi connectivity index (χ4v) is 1.80. The van der Waals surface area contributed by atoms with E-state index < -0.39 is 0 Å². The molecule has 1 heterocycles. The summed E-state index contributed by atoms with van der Waals surface area (Å²) in [6, 6.07) is 1.89. The van der Waals surface area contributed by atoms with E-state index >= 15 is 0 Å². The number of hydrogen-bond acceptors (Lipinski definition) is 5. The topological polar surface area (TPSA) is 70.2 Å². The predicted octanol–water partition coefficient (Wildman–Crippen LogP) is 1.82. The van der Waals surface area contributed by atoms with Crippen LogP contribution >= 0.6 is 0 Å². The molecule has 0 radical (unpaired) electrons. The Hall–Kier alpha value is -1.85. The molecule has 0 saturated heterocycles. The maximum absolute atomic E-state index is 11.8. The van der Waals surface area contributed by atoms with Gasteiger partial charge in [0.15, 0.2) is 0 Å². The molecule has 21 heavy (non-hydrogen) atoms. The Labute approximate surface area is 127 Å². The largest absolute Gasteiger partial charge is 0.370 e. The lowest BCUT2D eigenvalue weighted by atomic mass is 10.3. The molecule has 0 bridgehead atoms. The summed E-state index contributed by atoms with van der Waals surface area (Å²) in [4.78, 5) is 22.6. The minimum absolute atomic E-state index is 0.0130. The number of anilines is 2. The van der Waals surface area contributed by atoms with Crippen molar-refractivity contribution >= 4 is 17.5 Å². The van der Waals surface area contributed by atoms with Crippen LogP contribution in [0.15, 0.2) is 6.07 Å². The van der Waals surface area contributed by atoms with Crippen molar-refractivity contribution in [2.45, 2.75) is 40.0 Å². The average molecular weight is 293 g/mol. The molecule has 0 unspecified atom stereocenters. The van der Waals surface area contributed by atoms with Gasteiger partial charge in [-0.1, -0.05) is 20.8 Å². The van der Waals surface area contributed by atoms with Crippen LogP contribution in [0.1, 0.15) is 39.4 Å². The van der Waals surface area contributed by atoms with Crippen LogP contribution in [-0.4, -0.2) is 42.6 Å². The zero-order valence-corrected chi connectivity index (χ0v) is 13.6. The van der Waals surface area contributed by atoms with Crippen LogP contribution in [0.25, 0.3) is 0 Å². The number of nitrogens with zero attached hydrogens (tertiary/aromatic N) is 3. The Morgan fingerprint density at radius 1 is 1.19 bits per heavy atom. The molecule has 0 aromatic carbocycles. The zero-order valence-electron chi connectivity index (χ0n) is 13.6. The number of aryl methyl sites for hydroxylation is 1. The van der Waals surface area contributed by atoms with Crippen LogP contribution in [0.2, 0.25) is 0 Å². The molecule has 0 aliphatic rings. The highest BCUT2D eigenvalue weighted by Crippen LogP contribution is 2.15. The zero-order chi connectivity index (χ0) is 15.7. The van der Waals surface area contributed by atoms with Crippen molar-refractivity contribution in [3.8, 4) is 0 Å². The van der Waals surface area contributed by atoms with Crippen LogP contribution in [0, 0.1) is 0 Å². The molecule has 0 aliphatic carbocycles. The third kappa shape index (κ3) is 5.97. The van der Waals surface area contributed by atoms with Gasteiger partial charge in [-0.2, -0.15) is 0 Å². The molecule has 1 amide bonds. The van der Waals surface area contributed by atoms with Gasteiger partial charge < -0.3 is 15.5 Å². The molecule has 0 aliphatic heterocycles. The fourth-order valence-electron chi connectivity index (χ4n) is 1.80. The quantitative estimate of drug-likeness (QED) is 0.727. The van der Waals surface area contributed by atoms with Crippen molar-refractivity contribution in [3.05, 3.63) is 11.9 Å². The molecule has 6 nitrogen and oxygen atoms in total. The second-order valence-electron chi connectivity index (χ2n) is 5.01. The van der Waals surface area contributed by atoms with Crippen molar-refractivity contribution in [2.75, 3.05) is 36.9 Å². The first-order chi connectivity index (χ1) is 10.1. The van der Waals surface area contributed by atoms with Gasteiger partial charge in [-0.25, -0.2) is 9.97 Å². The number of rotatable bonds is 9. The highest BCUT2D eigenvalue weighted by atomic mass is 16.2. The van der Waals surface area contributed by atoms with Gasteiger partial charge in [0.05, 0.1) is 6.54 Å². The number of carbonyl (C=O) groups excluding carboxylic acids is 1. The molecule has 1 rings (SSSR count). The fraction of sp³-hybridized carbons (Fsp3) is 0.667. The molecule has 118 valence electrons. The third-order valence-corrected chi connectivity index (χ3v) is 2.98. The summed E-state index contributed by atoms with van der Waals surface area (Å²) in [6.45, 7) is 8.05. The van der Waals surface area contributed by atoms with Crippen molar-refractivity contribution in [1.29, 1.82) is 0 Å². The Morgan fingerprint density at radius 2 is 1.90 bits per heavy atom. The summed E-state index contributed by atoms with van der Waals surface area (Å²) < 4.78 is 0. The van der Waals surface area contributed by atoms with Gasteiger partial charge in [-0.05, 0) is 12.8 Å². The molecule has 1 aromatic rings. The van der Waals surface area contributed by atoms with E-state index in [1.807, 2.05) is 31.9 Å². The number of carbonyl (C=O) groups is 1. The molecule has 0 spiro atoms. The highest BCUT2D eigenvalue weighted by molar-refractivity contribution is 5.80. The van der Waals surface area contributed by atoms with Gasteiger partial charge in [0.1, 0.15) is 17.5 Å². The SMILES string of the molecule is CCCNC(=O)CN(C)c1cc(NCCC)nc(CC)n1. The smallest absolute Gasteiger partial charge is 0.239 e. The number of hydrogen-bond donors (Lipinski definition) is 2. The Bertz CT molecular complexity index is 450. The maximum Gasteiger partial charge on any atom is 0.239 e. The van der Waals surface area contributed by atoms with E-state index in [1.54, 1.807) is 0 Å². The Balaban J connectivity index is 2.77. The van der Waals surface area contributed by atoms with E-state index in [4.69, 9.17) is 0 Å². The van der Waals surface area contributed by atoms with Crippen LogP contribution < -0.4 is 15.5 Å². The number of aromatic nitrogens is 2. The first kappa shape index (κ1) is 17.2. The average Bonchev–Trinajstić information content (AvgIpc) is 2.50. The summed E-state index contributed by atoms with van der Waals surface area (Å²) in [5.74, 6) is 2.39. The second kappa shape index (κ2) is 9.15. The van der Waals surface area contributed by atoms with Crippen molar-refractivity contribution in [2.24, 2.45) is 0 Å². The third-order valence-electron chi connectivity index (χ3n) is 2.98. The monoisotopic (exact) mass is 293 g/mol. The maximum atomic E-state index is 11.8. The summed E-state index contributed by atoms with van der Waals surface area (Å²) >= 11 is 0. The van der Waals surface area contributed by atoms with Crippen LogP contribution in [-0.2, 0) is 11.2 Å². The molecule has 0 saturated carbocycles. The first-order valence-electron chi connectivity index (χ1n) is 7.70. The summed E-state index contributed by atoms with van der Waals surface area (Å²) in [5, 5.41) is 6.14. The molecular formula is C15H27N5O. The van der Waals surface area contributed by atoms with Gasteiger partial charge in [0.25, 0.3) is 0 Å². The van der Waals surface area contributed by atoms with Gasteiger partial charge in [0, 0.05) is 32.6 Å². The summed E-state index contributed by atoms with van der Waals surface area (Å²) in [7, 11) is 1.87. The Kier molecular flexibility index (Phi) is 7.50. The van der Waals surface area contributed by atoms with Crippen molar-refractivity contribution < 1.29 is 4.79 Å². The molecule has 1 aromatic heterocycles. The minimum atomic E-state index is 0.0130. The van der Waals surface area contributed by atoms with E-state index in [1.165, 1.54) is 0 Å².